The van der Waals surface area contributed by atoms with Gasteiger partial charge in [-0.15, -0.1) is 0 Å². The molecule has 2 N–H and O–H groups in total. The van der Waals surface area contributed by atoms with Crippen LogP contribution in [0, 0.1) is 6.92 Å². The van der Waals surface area contributed by atoms with E-state index in [9.17, 15) is 0 Å². The highest BCUT2D eigenvalue weighted by Gasteiger charge is 2.34. The quantitative estimate of drug-likeness (QED) is 0.707. The minimum absolute atomic E-state index is 0.178. The third kappa shape index (κ3) is 4.68. The van der Waals surface area contributed by atoms with Crippen LogP contribution >= 0.6 is 0 Å². The Morgan fingerprint density at radius 3 is 2.48 bits per heavy atom. The number of allylic oxidation sites excluding steroid dienone is 3. The van der Waals surface area contributed by atoms with Crippen LogP contribution in [0.25, 0.3) is 0 Å². The fourth-order valence-electron chi connectivity index (χ4n) is 3.51. The van der Waals surface area contributed by atoms with Crippen LogP contribution in [-0.4, -0.2) is 12.0 Å². The first-order chi connectivity index (χ1) is 13.2. The van der Waals surface area contributed by atoms with E-state index in [0.717, 1.165) is 12.4 Å². The zero-order valence-corrected chi connectivity index (χ0v) is 16.4. The fraction of sp³-hybridized carbons (Fsp3) is 0.292. The average Bonchev–Trinajstić information content (AvgIpc) is 3.12. The first-order valence-electron chi connectivity index (χ1n) is 9.71. The fourth-order valence-corrected chi connectivity index (χ4v) is 3.51. The molecule has 0 saturated carbocycles. The second-order valence-electron chi connectivity index (χ2n) is 6.87. The molecule has 1 heterocycles. The molecule has 3 rings (SSSR count). The molecule has 2 aromatic carbocycles. The minimum atomic E-state index is 0.178. The molecule has 1 saturated heterocycles. The van der Waals surface area contributed by atoms with E-state index in [-0.39, 0.29) is 12.1 Å². The highest BCUT2D eigenvalue weighted by molar-refractivity contribution is 5.84. The van der Waals surface area contributed by atoms with Gasteiger partial charge in [-0.05, 0) is 42.5 Å². The topological polar surface area (TPSA) is 36.4 Å². The number of nitrogens with one attached hydrogen (secondary N) is 2. The summed E-state index contributed by atoms with van der Waals surface area (Å²) >= 11 is 0. The van der Waals surface area contributed by atoms with Gasteiger partial charge in [-0.3, -0.25) is 0 Å². The van der Waals surface area contributed by atoms with Gasteiger partial charge in [0.15, 0.2) is 5.96 Å². The van der Waals surface area contributed by atoms with Crippen LogP contribution in [0.1, 0.15) is 43.0 Å². The monoisotopic (exact) mass is 359 g/mol. The van der Waals surface area contributed by atoms with E-state index in [4.69, 9.17) is 4.99 Å². The van der Waals surface area contributed by atoms with E-state index in [1.807, 2.05) is 6.07 Å². The zero-order chi connectivity index (χ0) is 19.1. The molecule has 0 aromatic heterocycles. The molecule has 1 aliphatic heterocycles. The normalized spacial score (nSPS) is 21.4. The van der Waals surface area contributed by atoms with Gasteiger partial charge in [-0.1, -0.05) is 79.7 Å². The van der Waals surface area contributed by atoms with Crippen molar-refractivity contribution in [3.8, 4) is 0 Å². The van der Waals surface area contributed by atoms with Gasteiger partial charge in [0, 0.05) is 0 Å². The Labute approximate surface area is 162 Å². The third-order valence-electron chi connectivity index (χ3n) is 5.01. The Bertz CT molecular complexity index is 834. The summed E-state index contributed by atoms with van der Waals surface area (Å²) in [6, 6.07) is 19.3. The molecule has 27 heavy (non-hydrogen) atoms. The van der Waals surface area contributed by atoms with Crippen LogP contribution in [0.2, 0.25) is 0 Å². The summed E-state index contributed by atoms with van der Waals surface area (Å²) in [6.45, 7) is 7.11. The first kappa shape index (κ1) is 19.0. The first-order valence-corrected chi connectivity index (χ1v) is 9.71. The Morgan fingerprint density at radius 2 is 1.78 bits per heavy atom. The number of aryl methyl sites for hydroxylation is 1. The van der Waals surface area contributed by atoms with Crippen LogP contribution in [0.3, 0.4) is 0 Å². The molecule has 1 aliphatic rings. The van der Waals surface area contributed by atoms with Crippen molar-refractivity contribution in [3.05, 3.63) is 95.1 Å². The van der Waals surface area contributed by atoms with Crippen molar-refractivity contribution in [3.63, 3.8) is 0 Å². The summed E-state index contributed by atoms with van der Waals surface area (Å²) in [6.07, 6.45) is 7.42. The summed E-state index contributed by atoms with van der Waals surface area (Å²) < 4.78 is 0. The van der Waals surface area contributed by atoms with Crippen molar-refractivity contribution in [2.75, 3.05) is 0 Å². The molecule has 3 heteroatoms. The standard InChI is InChI=1S/C24H29N3/c1-4-6-15-20(5-2)22-23(21-16-11-10-12-18(21)3)27-24(26-22)25-17-19-13-8-7-9-14-19/h4,6-16,22-23H,5,17H2,1-3H3,(H2,25,26,27)/b6-4-,20-15+/t22-,23+/m1/s1. The second kappa shape index (κ2) is 9.22. The number of guanidine groups is 1. The Balaban J connectivity index is 1.89. The van der Waals surface area contributed by atoms with Gasteiger partial charge in [-0.25, -0.2) is 4.99 Å². The van der Waals surface area contributed by atoms with E-state index >= 15 is 0 Å². The largest absolute Gasteiger partial charge is 0.347 e. The highest BCUT2D eigenvalue weighted by Crippen LogP contribution is 2.29. The number of nitrogens with zero attached hydrogens (tertiary/aromatic N) is 1. The molecule has 0 amide bonds. The smallest absolute Gasteiger partial charge is 0.192 e. The van der Waals surface area contributed by atoms with Gasteiger partial charge in [-0.2, -0.15) is 0 Å². The van der Waals surface area contributed by atoms with Gasteiger partial charge in [0.25, 0.3) is 0 Å². The lowest BCUT2D eigenvalue weighted by Crippen LogP contribution is -2.30. The number of hydrogen-bond donors (Lipinski definition) is 2. The van der Waals surface area contributed by atoms with E-state index in [1.165, 1.54) is 22.3 Å². The summed E-state index contributed by atoms with van der Waals surface area (Å²) in [7, 11) is 0. The molecule has 0 radical (unpaired) electrons. The van der Waals surface area contributed by atoms with Crippen LogP contribution in [0.15, 0.2) is 83.4 Å². The molecule has 0 unspecified atom stereocenters. The molecule has 1 fully saturated rings. The molecule has 2 aromatic rings. The van der Waals surface area contributed by atoms with Crippen molar-refractivity contribution in [2.45, 2.75) is 45.8 Å². The van der Waals surface area contributed by atoms with E-state index in [2.05, 4.69) is 98.2 Å². The van der Waals surface area contributed by atoms with Gasteiger partial charge in [0.1, 0.15) is 0 Å². The van der Waals surface area contributed by atoms with Crippen LogP contribution < -0.4 is 10.6 Å². The summed E-state index contributed by atoms with van der Waals surface area (Å²) in [5.41, 5.74) is 5.20. The molecular formula is C24H29N3. The Morgan fingerprint density at radius 1 is 1.04 bits per heavy atom. The van der Waals surface area contributed by atoms with Crippen molar-refractivity contribution >= 4 is 5.96 Å². The molecular weight excluding hydrogens is 330 g/mol. The maximum absolute atomic E-state index is 4.80. The maximum atomic E-state index is 4.80. The molecule has 3 nitrogen and oxygen atoms in total. The number of benzene rings is 2. The average molecular weight is 360 g/mol. The van der Waals surface area contributed by atoms with Gasteiger partial charge >= 0.3 is 0 Å². The van der Waals surface area contributed by atoms with Crippen molar-refractivity contribution < 1.29 is 0 Å². The van der Waals surface area contributed by atoms with Gasteiger partial charge in [0.05, 0.1) is 18.6 Å². The molecule has 140 valence electrons. The maximum Gasteiger partial charge on any atom is 0.192 e. The van der Waals surface area contributed by atoms with Gasteiger partial charge in [0.2, 0.25) is 0 Å². The number of aliphatic imine (C=N–C) groups is 1. The molecule has 0 spiro atoms. The molecule has 0 bridgehead atoms. The lowest BCUT2D eigenvalue weighted by Gasteiger charge is -2.22. The lowest BCUT2D eigenvalue weighted by atomic mass is 9.90. The molecule has 2 atom stereocenters. The van der Waals surface area contributed by atoms with Crippen LogP contribution in [0.5, 0.6) is 0 Å². The summed E-state index contributed by atoms with van der Waals surface area (Å²) in [5.74, 6) is 0.872. The van der Waals surface area contributed by atoms with Crippen LogP contribution in [-0.2, 0) is 6.54 Å². The summed E-state index contributed by atoms with van der Waals surface area (Å²) in [4.78, 5) is 4.80. The Hall–Kier alpha value is -2.81. The van der Waals surface area contributed by atoms with E-state index in [1.54, 1.807) is 0 Å². The van der Waals surface area contributed by atoms with Crippen molar-refractivity contribution in [2.24, 2.45) is 4.99 Å². The minimum Gasteiger partial charge on any atom is -0.347 e. The van der Waals surface area contributed by atoms with Crippen molar-refractivity contribution in [1.82, 2.24) is 10.6 Å². The van der Waals surface area contributed by atoms with E-state index < -0.39 is 0 Å². The lowest BCUT2D eigenvalue weighted by molar-refractivity contribution is 0.574. The highest BCUT2D eigenvalue weighted by atomic mass is 15.3. The predicted octanol–water partition coefficient (Wildman–Crippen LogP) is 5.07. The summed E-state index contributed by atoms with van der Waals surface area (Å²) in [5, 5.41) is 7.27. The number of rotatable bonds is 6. The van der Waals surface area contributed by atoms with Crippen LogP contribution in [0.4, 0.5) is 0 Å². The zero-order valence-electron chi connectivity index (χ0n) is 16.4. The Kier molecular flexibility index (Phi) is 6.48. The van der Waals surface area contributed by atoms with Gasteiger partial charge < -0.3 is 10.6 Å². The number of hydrogen-bond acceptors (Lipinski definition) is 1. The predicted molar refractivity (Wildman–Crippen MR) is 115 cm³/mol. The van der Waals surface area contributed by atoms with Crippen molar-refractivity contribution in [1.29, 1.82) is 0 Å². The SMILES string of the molecule is C/C=C\C=C(/CC)[C@H]1NC(=NCc2ccccc2)N[C@H]1c1ccccc1C. The third-order valence-corrected chi connectivity index (χ3v) is 5.01. The molecule has 0 aliphatic carbocycles. The second-order valence-corrected chi connectivity index (χ2v) is 6.87. The van der Waals surface area contributed by atoms with E-state index in [0.29, 0.717) is 6.54 Å².